The van der Waals surface area contributed by atoms with Gasteiger partial charge in [-0.25, -0.2) is 5.10 Å². The van der Waals surface area contributed by atoms with E-state index < -0.39 is 0 Å². The van der Waals surface area contributed by atoms with Gasteiger partial charge < -0.3 is 10.6 Å². The topological polar surface area (TPSA) is 104 Å². The summed E-state index contributed by atoms with van der Waals surface area (Å²) in [5, 5.41) is 33.5. The van der Waals surface area contributed by atoms with Gasteiger partial charge in [0.2, 0.25) is 5.13 Å². The summed E-state index contributed by atoms with van der Waals surface area (Å²) in [5.74, 6) is 2.27. The maximum Gasteiger partial charge on any atom is 0.210 e. The van der Waals surface area contributed by atoms with E-state index in [1.165, 1.54) is 56.1 Å². The lowest BCUT2D eigenvalue weighted by Gasteiger charge is -2.29. The normalized spacial score (nSPS) is 16.3. The first kappa shape index (κ1) is 24.0. The molecule has 0 unspecified atom stereocenters. The van der Waals surface area contributed by atoms with Crippen LogP contribution < -0.4 is 10.6 Å². The number of nitrogens with zero attached hydrogens (tertiary/aromatic N) is 5. The molecule has 0 bridgehead atoms. The highest BCUT2D eigenvalue weighted by Crippen LogP contribution is 2.48. The molecule has 0 atom stereocenters. The highest BCUT2D eigenvalue weighted by Gasteiger charge is 2.29. The number of H-pyrrole nitrogens is 1. The number of aromatic nitrogens is 6. The molecule has 0 radical (unpaired) electrons. The van der Waals surface area contributed by atoms with Crippen LogP contribution in [-0.4, -0.2) is 37.4 Å². The maximum absolute atomic E-state index is 4.55. The average Bonchev–Trinajstić information content (AvgIpc) is 3.42. The van der Waals surface area contributed by atoms with Crippen LogP contribution in [0, 0.1) is 5.92 Å². The molecule has 2 aliphatic carbocycles. The van der Waals surface area contributed by atoms with Crippen molar-refractivity contribution >= 4 is 27.8 Å². The fraction of sp³-hybridized carbons (Fsp3) is 0.464. The number of aromatic amines is 1. The van der Waals surface area contributed by atoms with Crippen LogP contribution in [0.25, 0.3) is 22.5 Å². The Morgan fingerprint density at radius 1 is 0.892 bits per heavy atom. The van der Waals surface area contributed by atoms with Gasteiger partial charge in [-0.15, -0.1) is 15.3 Å². The average molecular weight is 515 g/mol. The molecule has 0 aliphatic heterocycles. The standard InChI is InChI=1S/C28H34N8S/c1-17(2)16-29-23-15-14-21(20-10-6-7-11-22(20)26-31-35-36-32-26)24(18-8-4-3-5-9-18)25(23)30-28-34-33-27(37-28)19-12-13-19/h6-7,10-11,14-15,17-19,29H,3-5,8-9,12-13,16H2,1-2H3,(H,30,34)(H,31,32,35,36). The van der Waals surface area contributed by atoms with Gasteiger partial charge in [0, 0.05) is 18.0 Å². The number of hydrogen-bond donors (Lipinski definition) is 3. The van der Waals surface area contributed by atoms with Crippen LogP contribution in [0.4, 0.5) is 16.5 Å². The van der Waals surface area contributed by atoms with E-state index in [1.807, 2.05) is 6.07 Å². The quantitative estimate of drug-likeness (QED) is 0.218. The third-order valence-electron chi connectivity index (χ3n) is 7.38. The van der Waals surface area contributed by atoms with E-state index >= 15 is 0 Å². The van der Waals surface area contributed by atoms with Crippen LogP contribution in [0.1, 0.15) is 81.2 Å². The predicted molar refractivity (Wildman–Crippen MR) is 149 cm³/mol. The Kier molecular flexibility index (Phi) is 6.87. The molecular formula is C28H34N8S. The molecule has 0 spiro atoms. The lowest BCUT2D eigenvalue weighted by atomic mass is 9.79. The van der Waals surface area contributed by atoms with Gasteiger partial charge >= 0.3 is 0 Å². The van der Waals surface area contributed by atoms with E-state index in [0.717, 1.165) is 39.2 Å². The molecule has 9 heteroatoms. The molecule has 2 aromatic carbocycles. The Bertz CT molecular complexity index is 1340. The zero-order valence-corrected chi connectivity index (χ0v) is 22.3. The van der Waals surface area contributed by atoms with E-state index in [9.17, 15) is 0 Å². The number of benzene rings is 2. The molecule has 8 nitrogen and oxygen atoms in total. The zero-order chi connectivity index (χ0) is 25.2. The second kappa shape index (κ2) is 10.6. The fourth-order valence-electron chi connectivity index (χ4n) is 5.35. The summed E-state index contributed by atoms with van der Waals surface area (Å²) in [6.45, 7) is 5.39. The zero-order valence-electron chi connectivity index (χ0n) is 21.5. The Labute approximate surface area is 221 Å². The number of anilines is 3. The molecule has 2 heterocycles. The van der Waals surface area contributed by atoms with Crippen molar-refractivity contribution < 1.29 is 0 Å². The smallest absolute Gasteiger partial charge is 0.210 e. The first-order valence-corrected chi connectivity index (χ1v) is 14.3. The van der Waals surface area contributed by atoms with Gasteiger partial charge in [-0.3, -0.25) is 0 Å². The minimum Gasteiger partial charge on any atom is -0.383 e. The monoisotopic (exact) mass is 514 g/mol. The summed E-state index contributed by atoms with van der Waals surface area (Å²) in [6.07, 6.45) is 8.64. The van der Waals surface area contributed by atoms with Gasteiger partial charge in [0.1, 0.15) is 5.01 Å². The van der Waals surface area contributed by atoms with E-state index in [2.05, 4.69) is 85.6 Å². The molecular weight excluding hydrogens is 480 g/mol. The Morgan fingerprint density at radius 3 is 2.43 bits per heavy atom. The van der Waals surface area contributed by atoms with Crippen molar-refractivity contribution in [3.63, 3.8) is 0 Å². The van der Waals surface area contributed by atoms with Crippen LogP contribution in [0.3, 0.4) is 0 Å². The molecule has 2 aromatic heterocycles. The van der Waals surface area contributed by atoms with Crippen molar-refractivity contribution in [1.82, 2.24) is 30.8 Å². The van der Waals surface area contributed by atoms with E-state index in [-0.39, 0.29) is 0 Å². The lowest BCUT2D eigenvalue weighted by Crippen LogP contribution is -2.14. The number of rotatable bonds is 9. The lowest BCUT2D eigenvalue weighted by molar-refractivity contribution is 0.445. The summed E-state index contributed by atoms with van der Waals surface area (Å²) >= 11 is 1.70. The second-order valence-corrected chi connectivity index (χ2v) is 11.7. The molecule has 2 fully saturated rings. The predicted octanol–water partition coefficient (Wildman–Crippen LogP) is 7.12. The first-order chi connectivity index (χ1) is 18.2. The molecule has 6 rings (SSSR count). The van der Waals surface area contributed by atoms with Gasteiger partial charge in [0.25, 0.3) is 0 Å². The van der Waals surface area contributed by atoms with Crippen molar-refractivity contribution in [2.75, 3.05) is 17.2 Å². The summed E-state index contributed by atoms with van der Waals surface area (Å²) < 4.78 is 0. The van der Waals surface area contributed by atoms with Crippen molar-refractivity contribution in [2.24, 2.45) is 5.92 Å². The summed E-state index contributed by atoms with van der Waals surface area (Å²) in [5.41, 5.74) is 6.98. The minimum absolute atomic E-state index is 0.462. The van der Waals surface area contributed by atoms with Gasteiger partial charge in [-0.2, -0.15) is 0 Å². The highest BCUT2D eigenvalue weighted by molar-refractivity contribution is 7.15. The summed E-state index contributed by atoms with van der Waals surface area (Å²) in [4.78, 5) is 0. The highest BCUT2D eigenvalue weighted by atomic mass is 32.1. The summed E-state index contributed by atoms with van der Waals surface area (Å²) in [6, 6.07) is 12.9. The largest absolute Gasteiger partial charge is 0.383 e. The van der Waals surface area contributed by atoms with Crippen molar-refractivity contribution in [2.45, 2.75) is 70.6 Å². The van der Waals surface area contributed by atoms with Crippen LogP contribution in [0.5, 0.6) is 0 Å². The number of hydrogen-bond acceptors (Lipinski definition) is 8. The van der Waals surface area contributed by atoms with E-state index in [0.29, 0.717) is 23.6 Å². The SMILES string of the molecule is CC(C)CNc1ccc(-c2ccccc2-c2nnn[nH]2)c(C2CCCCC2)c1Nc1nnc(C2CC2)s1. The second-order valence-electron chi connectivity index (χ2n) is 10.7. The Hall–Kier alpha value is -3.33. The molecule has 0 saturated heterocycles. The van der Waals surface area contributed by atoms with E-state index in [4.69, 9.17) is 0 Å². The van der Waals surface area contributed by atoms with Gasteiger partial charge in [-0.05, 0) is 70.7 Å². The molecule has 4 aromatic rings. The van der Waals surface area contributed by atoms with Crippen LogP contribution in [0.15, 0.2) is 36.4 Å². The molecule has 0 amide bonds. The molecule has 3 N–H and O–H groups in total. The van der Waals surface area contributed by atoms with E-state index in [1.54, 1.807) is 11.3 Å². The van der Waals surface area contributed by atoms with Gasteiger partial charge in [-0.1, -0.05) is 74.8 Å². The molecule has 37 heavy (non-hydrogen) atoms. The van der Waals surface area contributed by atoms with Gasteiger partial charge in [0.05, 0.1) is 11.4 Å². The molecule has 2 aliphatic rings. The first-order valence-electron chi connectivity index (χ1n) is 13.5. The molecule has 192 valence electrons. The summed E-state index contributed by atoms with van der Waals surface area (Å²) in [7, 11) is 0. The van der Waals surface area contributed by atoms with Crippen molar-refractivity contribution in [1.29, 1.82) is 0 Å². The van der Waals surface area contributed by atoms with Crippen LogP contribution in [-0.2, 0) is 0 Å². The van der Waals surface area contributed by atoms with Crippen molar-refractivity contribution in [3.8, 4) is 22.5 Å². The van der Waals surface area contributed by atoms with Crippen molar-refractivity contribution in [3.05, 3.63) is 47.0 Å². The van der Waals surface area contributed by atoms with Crippen LogP contribution in [0.2, 0.25) is 0 Å². The Morgan fingerprint density at radius 2 is 1.70 bits per heavy atom. The number of nitrogens with one attached hydrogen (secondary N) is 3. The van der Waals surface area contributed by atoms with Crippen LogP contribution >= 0.6 is 11.3 Å². The third kappa shape index (κ3) is 5.23. The third-order valence-corrected chi connectivity index (χ3v) is 8.38. The minimum atomic E-state index is 0.462. The maximum atomic E-state index is 4.55. The fourth-order valence-corrected chi connectivity index (χ4v) is 6.27. The number of tetrazole rings is 1. The van der Waals surface area contributed by atoms with Gasteiger partial charge in [0.15, 0.2) is 5.82 Å². The molecule has 2 saturated carbocycles. The Balaban J connectivity index is 1.51.